The SMILES string of the molecule is CC1CN2CCCCC2CN1CC1CCCC1=O. The monoisotopic (exact) mass is 250 g/mol. The van der Waals surface area contributed by atoms with Gasteiger partial charge in [-0.05, 0) is 39.2 Å². The van der Waals surface area contributed by atoms with Crippen LogP contribution >= 0.6 is 0 Å². The van der Waals surface area contributed by atoms with E-state index >= 15 is 0 Å². The highest BCUT2D eigenvalue weighted by atomic mass is 16.1. The third kappa shape index (κ3) is 2.48. The van der Waals surface area contributed by atoms with E-state index in [0.29, 0.717) is 17.7 Å². The quantitative estimate of drug-likeness (QED) is 0.748. The first-order valence-corrected chi connectivity index (χ1v) is 7.75. The number of hydrogen-bond donors (Lipinski definition) is 0. The van der Waals surface area contributed by atoms with Gasteiger partial charge in [0.2, 0.25) is 0 Å². The standard InChI is InChI=1S/C15H26N2O/c1-12-9-16-8-3-2-6-14(16)11-17(12)10-13-5-4-7-15(13)18/h12-14H,2-11H2,1H3. The molecule has 3 heteroatoms. The Morgan fingerprint density at radius 1 is 1.17 bits per heavy atom. The Kier molecular flexibility index (Phi) is 3.71. The minimum Gasteiger partial charge on any atom is -0.299 e. The number of nitrogens with zero attached hydrogens (tertiary/aromatic N) is 2. The highest BCUT2D eigenvalue weighted by molar-refractivity contribution is 5.83. The first-order chi connectivity index (χ1) is 8.74. The van der Waals surface area contributed by atoms with E-state index in [-0.39, 0.29) is 0 Å². The largest absolute Gasteiger partial charge is 0.299 e. The molecule has 3 unspecified atom stereocenters. The summed E-state index contributed by atoms with van der Waals surface area (Å²) in [6.07, 6.45) is 7.23. The van der Waals surface area contributed by atoms with Gasteiger partial charge in [-0.1, -0.05) is 6.42 Å². The average Bonchev–Trinajstić information content (AvgIpc) is 2.76. The predicted octanol–water partition coefficient (Wildman–Crippen LogP) is 1.91. The molecule has 2 saturated heterocycles. The average molecular weight is 250 g/mol. The zero-order valence-electron chi connectivity index (χ0n) is 11.6. The van der Waals surface area contributed by atoms with E-state index in [2.05, 4.69) is 16.7 Å². The number of piperidine rings is 1. The van der Waals surface area contributed by atoms with Crippen molar-refractivity contribution in [2.24, 2.45) is 5.92 Å². The fourth-order valence-corrected chi connectivity index (χ4v) is 4.03. The zero-order valence-corrected chi connectivity index (χ0v) is 11.6. The number of fused-ring (bicyclic) bond motifs is 1. The molecule has 0 amide bonds. The van der Waals surface area contributed by atoms with Crippen LogP contribution in [-0.2, 0) is 4.79 Å². The molecule has 1 saturated carbocycles. The lowest BCUT2D eigenvalue weighted by atomic mass is 9.95. The van der Waals surface area contributed by atoms with Crippen LogP contribution in [0.25, 0.3) is 0 Å². The molecule has 0 bridgehead atoms. The second-order valence-corrected chi connectivity index (χ2v) is 6.50. The van der Waals surface area contributed by atoms with Crippen LogP contribution in [0.5, 0.6) is 0 Å². The summed E-state index contributed by atoms with van der Waals surface area (Å²) < 4.78 is 0. The molecule has 0 spiro atoms. The van der Waals surface area contributed by atoms with Crippen LogP contribution in [0.4, 0.5) is 0 Å². The van der Waals surface area contributed by atoms with Gasteiger partial charge < -0.3 is 0 Å². The Hall–Kier alpha value is -0.410. The van der Waals surface area contributed by atoms with Gasteiger partial charge in [0.05, 0.1) is 0 Å². The van der Waals surface area contributed by atoms with Crippen molar-refractivity contribution in [2.75, 3.05) is 26.2 Å². The predicted molar refractivity (Wildman–Crippen MR) is 72.6 cm³/mol. The second kappa shape index (κ2) is 5.30. The van der Waals surface area contributed by atoms with Crippen molar-refractivity contribution in [1.29, 1.82) is 0 Å². The molecule has 2 aliphatic heterocycles. The van der Waals surface area contributed by atoms with Crippen molar-refractivity contribution >= 4 is 5.78 Å². The van der Waals surface area contributed by atoms with E-state index < -0.39 is 0 Å². The van der Waals surface area contributed by atoms with Crippen LogP contribution in [0.2, 0.25) is 0 Å². The molecule has 3 atom stereocenters. The third-order valence-electron chi connectivity index (χ3n) is 5.20. The Morgan fingerprint density at radius 2 is 2.06 bits per heavy atom. The molecule has 3 aliphatic rings. The minimum absolute atomic E-state index is 0.350. The summed E-state index contributed by atoms with van der Waals surface area (Å²) >= 11 is 0. The van der Waals surface area contributed by atoms with Gasteiger partial charge in [0.25, 0.3) is 0 Å². The summed E-state index contributed by atoms with van der Waals surface area (Å²) in [6, 6.07) is 1.40. The van der Waals surface area contributed by atoms with Gasteiger partial charge in [-0.2, -0.15) is 0 Å². The molecule has 0 radical (unpaired) electrons. The molecule has 102 valence electrons. The van der Waals surface area contributed by atoms with Crippen molar-refractivity contribution < 1.29 is 4.79 Å². The van der Waals surface area contributed by atoms with Gasteiger partial charge >= 0.3 is 0 Å². The van der Waals surface area contributed by atoms with Gasteiger partial charge in [0, 0.05) is 44.1 Å². The molecule has 1 aliphatic carbocycles. The van der Waals surface area contributed by atoms with E-state index in [4.69, 9.17) is 0 Å². The van der Waals surface area contributed by atoms with Gasteiger partial charge in [0.1, 0.15) is 5.78 Å². The Morgan fingerprint density at radius 3 is 2.83 bits per heavy atom. The zero-order chi connectivity index (χ0) is 12.5. The summed E-state index contributed by atoms with van der Waals surface area (Å²) in [4.78, 5) is 17.1. The summed E-state index contributed by atoms with van der Waals surface area (Å²) in [7, 11) is 0. The van der Waals surface area contributed by atoms with E-state index in [1.54, 1.807) is 0 Å². The number of carbonyl (C=O) groups is 1. The van der Waals surface area contributed by atoms with E-state index in [9.17, 15) is 4.79 Å². The third-order valence-corrected chi connectivity index (χ3v) is 5.20. The van der Waals surface area contributed by atoms with Crippen LogP contribution in [0, 0.1) is 5.92 Å². The van der Waals surface area contributed by atoms with E-state index in [1.165, 1.54) is 38.9 Å². The molecule has 2 heterocycles. The number of rotatable bonds is 2. The Balaban J connectivity index is 1.60. The lowest BCUT2D eigenvalue weighted by Crippen LogP contribution is -2.59. The van der Waals surface area contributed by atoms with Crippen molar-refractivity contribution in [3.8, 4) is 0 Å². The van der Waals surface area contributed by atoms with E-state index in [1.807, 2.05) is 0 Å². The molecular formula is C15H26N2O. The van der Waals surface area contributed by atoms with Crippen LogP contribution in [0.15, 0.2) is 0 Å². The fourth-order valence-electron chi connectivity index (χ4n) is 4.03. The normalized spacial score (nSPS) is 38.9. The van der Waals surface area contributed by atoms with Crippen LogP contribution < -0.4 is 0 Å². The first-order valence-electron chi connectivity index (χ1n) is 7.75. The van der Waals surface area contributed by atoms with Crippen molar-refractivity contribution in [2.45, 2.75) is 57.5 Å². The number of piperazine rings is 1. The first kappa shape index (κ1) is 12.6. The molecule has 3 nitrogen and oxygen atoms in total. The summed E-state index contributed by atoms with van der Waals surface area (Å²) in [5.74, 6) is 0.871. The molecule has 18 heavy (non-hydrogen) atoms. The number of hydrogen-bond acceptors (Lipinski definition) is 3. The van der Waals surface area contributed by atoms with Crippen LogP contribution in [0.3, 0.4) is 0 Å². The van der Waals surface area contributed by atoms with Gasteiger partial charge in [0.15, 0.2) is 0 Å². The van der Waals surface area contributed by atoms with Crippen molar-refractivity contribution in [3.05, 3.63) is 0 Å². The molecule has 0 aromatic heterocycles. The number of ketones is 1. The molecule has 3 fully saturated rings. The highest BCUT2D eigenvalue weighted by Gasteiger charge is 2.35. The number of Topliss-reactive ketones (excluding diaryl/α,β-unsaturated/α-hetero) is 1. The van der Waals surface area contributed by atoms with Gasteiger partial charge in [-0.25, -0.2) is 0 Å². The Bertz CT molecular complexity index is 318. The molecule has 0 aromatic carbocycles. The van der Waals surface area contributed by atoms with E-state index in [0.717, 1.165) is 31.8 Å². The maximum Gasteiger partial charge on any atom is 0.137 e. The fraction of sp³-hybridized carbons (Fsp3) is 0.933. The molecule has 0 aromatic rings. The maximum absolute atomic E-state index is 11.8. The van der Waals surface area contributed by atoms with Crippen molar-refractivity contribution in [3.63, 3.8) is 0 Å². The number of carbonyl (C=O) groups excluding carboxylic acids is 1. The highest BCUT2D eigenvalue weighted by Crippen LogP contribution is 2.27. The summed E-state index contributed by atoms with van der Waals surface area (Å²) in [5.41, 5.74) is 0. The topological polar surface area (TPSA) is 23.6 Å². The van der Waals surface area contributed by atoms with Gasteiger partial charge in [-0.15, -0.1) is 0 Å². The van der Waals surface area contributed by atoms with Crippen LogP contribution in [-0.4, -0.2) is 53.8 Å². The van der Waals surface area contributed by atoms with Gasteiger partial charge in [-0.3, -0.25) is 14.6 Å². The Labute approximate surface area is 111 Å². The lowest BCUT2D eigenvalue weighted by molar-refractivity contribution is -0.121. The maximum atomic E-state index is 11.8. The minimum atomic E-state index is 0.350. The summed E-state index contributed by atoms with van der Waals surface area (Å²) in [6.45, 7) is 7.08. The smallest absolute Gasteiger partial charge is 0.137 e. The molecule has 0 N–H and O–H groups in total. The molecular weight excluding hydrogens is 224 g/mol. The molecule has 3 rings (SSSR count). The van der Waals surface area contributed by atoms with Crippen LogP contribution in [0.1, 0.15) is 45.4 Å². The van der Waals surface area contributed by atoms with Crippen molar-refractivity contribution in [1.82, 2.24) is 9.80 Å². The second-order valence-electron chi connectivity index (χ2n) is 6.50. The summed E-state index contributed by atoms with van der Waals surface area (Å²) in [5, 5.41) is 0. The lowest BCUT2D eigenvalue weighted by Gasteiger charge is -2.48.